The van der Waals surface area contributed by atoms with E-state index in [-0.39, 0.29) is 24.6 Å². The molecule has 0 spiro atoms. The van der Waals surface area contributed by atoms with Crippen molar-refractivity contribution >= 4 is 22.6 Å². The first-order valence-electron chi connectivity index (χ1n) is 5.44. The van der Waals surface area contributed by atoms with Crippen molar-refractivity contribution in [2.75, 3.05) is 33.3 Å². The zero-order valence-corrected chi connectivity index (χ0v) is 12.1. The predicted molar refractivity (Wildman–Crippen MR) is 69.4 cm³/mol. The van der Waals surface area contributed by atoms with Gasteiger partial charge in [0, 0.05) is 32.7 Å². The highest BCUT2D eigenvalue weighted by Gasteiger charge is 2.32. The zero-order chi connectivity index (χ0) is 12.3. The van der Waals surface area contributed by atoms with E-state index in [1.165, 1.54) is 8.61 Å². The molecule has 1 atom stereocenters. The van der Waals surface area contributed by atoms with Gasteiger partial charge in [-0.05, 0) is 13.8 Å². The molecule has 17 heavy (non-hydrogen) atoms. The van der Waals surface area contributed by atoms with Gasteiger partial charge in [-0.15, -0.1) is 12.4 Å². The summed E-state index contributed by atoms with van der Waals surface area (Å²) in [6.45, 7) is 5.19. The Kier molecular flexibility index (Phi) is 6.90. The van der Waals surface area contributed by atoms with E-state index in [0.717, 1.165) is 0 Å². The highest BCUT2D eigenvalue weighted by atomic mass is 35.5. The van der Waals surface area contributed by atoms with E-state index in [0.29, 0.717) is 26.2 Å². The molecule has 0 radical (unpaired) electrons. The molecule has 1 rings (SSSR count). The summed E-state index contributed by atoms with van der Waals surface area (Å²) in [4.78, 5) is 0. The van der Waals surface area contributed by atoms with E-state index >= 15 is 0 Å². The summed E-state index contributed by atoms with van der Waals surface area (Å²) in [6.07, 6.45) is -0.191. The van der Waals surface area contributed by atoms with Gasteiger partial charge in [-0.25, -0.2) is 0 Å². The summed E-state index contributed by atoms with van der Waals surface area (Å²) in [7, 11) is -1.78. The van der Waals surface area contributed by atoms with Crippen molar-refractivity contribution < 1.29 is 13.2 Å². The third kappa shape index (κ3) is 4.04. The lowest BCUT2D eigenvalue weighted by molar-refractivity contribution is 0.00267. The van der Waals surface area contributed by atoms with Crippen molar-refractivity contribution in [1.29, 1.82) is 0 Å². The van der Waals surface area contributed by atoms with Crippen molar-refractivity contribution in [3.63, 3.8) is 0 Å². The monoisotopic (exact) mass is 287 g/mol. The Hall–Kier alpha value is 0.0800. The molecule has 0 aliphatic carbocycles. The maximum Gasteiger partial charge on any atom is 0.282 e. The van der Waals surface area contributed by atoms with Gasteiger partial charge >= 0.3 is 0 Å². The van der Waals surface area contributed by atoms with Crippen LogP contribution in [0.25, 0.3) is 0 Å². The average Bonchev–Trinajstić information content (AvgIpc) is 2.27. The molecular formula is C9H22ClN3O3S. The van der Waals surface area contributed by atoms with Crippen LogP contribution in [0, 0.1) is 0 Å². The molecule has 1 unspecified atom stereocenters. The molecule has 6 nitrogen and oxygen atoms in total. The maximum absolute atomic E-state index is 12.1. The summed E-state index contributed by atoms with van der Waals surface area (Å²) in [5, 5.41) is 0. The van der Waals surface area contributed by atoms with Gasteiger partial charge in [-0.3, -0.25) is 0 Å². The minimum atomic E-state index is -3.37. The van der Waals surface area contributed by atoms with Gasteiger partial charge in [0.2, 0.25) is 0 Å². The van der Waals surface area contributed by atoms with Crippen LogP contribution in [0.2, 0.25) is 0 Å². The summed E-state index contributed by atoms with van der Waals surface area (Å²) in [6, 6.07) is -0.0517. The standard InChI is InChI=1S/C9H21N3O3S.ClH/c1-8(2)11(3)16(13,14)12-4-5-15-9(6-10)7-12;/h8-9H,4-7,10H2,1-3H3;1H. The number of nitrogens with two attached hydrogens (primary N) is 1. The summed E-state index contributed by atoms with van der Waals surface area (Å²) in [5.74, 6) is 0. The lowest BCUT2D eigenvalue weighted by Gasteiger charge is -2.35. The summed E-state index contributed by atoms with van der Waals surface area (Å²) >= 11 is 0. The molecule has 104 valence electrons. The van der Waals surface area contributed by atoms with Crippen molar-refractivity contribution in [1.82, 2.24) is 8.61 Å². The van der Waals surface area contributed by atoms with E-state index in [2.05, 4.69) is 0 Å². The molecule has 0 aromatic heterocycles. The van der Waals surface area contributed by atoms with Crippen LogP contribution < -0.4 is 5.73 Å². The van der Waals surface area contributed by atoms with Crippen LogP contribution in [0.15, 0.2) is 0 Å². The van der Waals surface area contributed by atoms with E-state index in [9.17, 15) is 8.42 Å². The Morgan fingerprint density at radius 1 is 1.53 bits per heavy atom. The van der Waals surface area contributed by atoms with Crippen LogP contribution in [-0.2, 0) is 14.9 Å². The van der Waals surface area contributed by atoms with E-state index in [1.54, 1.807) is 7.05 Å². The van der Waals surface area contributed by atoms with Crippen LogP contribution in [0.1, 0.15) is 13.8 Å². The molecule has 1 aliphatic rings. The van der Waals surface area contributed by atoms with Crippen molar-refractivity contribution in [2.45, 2.75) is 26.0 Å². The Labute approximate surface area is 110 Å². The average molecular weight is 288 g/mol. The first-order chi connectivity index (χ1) is 7.39. The summed E-state index contributed by atoms with van der Waals surface area (Å²) < 4.78 is 32.4. The quantitative estimate of drug-likeness (QED) is 0.767. The second-order valence-corrected chi connectivity index (χ2v) is 6.19. The second-order valence-electron chi connectivity index (χ2n) is 4.20. The van der Waals surface area contributed by atoms with E-state index < -0.39 is 10.2 Å². The number of hydrogen-bond donors (Lipinski definition) is 1. The van der Waals surface area contributed by atoms with Gasteiger partial charge in [0.15, 0.2) is 0 Å². The SMILES string of the molecule is CC(C)N(C)S(=O)(=O)N1CCOC(CN)C1.Cl. The molecule has 0 amide bonds. The number of hydrogen-bond acceptors (Lipinski definition) is 4. The van der Waals surface area contributed by atoms with E-state index in [4.69, 9.17) is 10.5 Å². The molecule has 0 saturated carbocycles. The van der Waals surface area contributed by atoms with E-state index in [1.807, 2.05) is 13.8 Å². The topological polar surface area (TPSA) is 75.9 Å². The number of nitrogens with zero attached hydrogens (tertiary/aromatic N) is 2. The number of rotatable bonds is 4. The normalized spacial score (nSPS) is 22.8. The van der Waals surface area contributed by atoms with Crippen LogP contribution in [0.4, 0.5) is 0 Å². The van der Waals surface area contributed by atoms with Gasteiger partial charge in [-0.2, -0.15) is 17.0 Å². The molecule has 1 aliphatic heterocycles. The molecule has 1 fully saturated rings. The Morgan fingerprint density at radius 3 is 2.59 bits per heavy atom. The largest absolute Gasteiger partial charge is 0.374 e. The fourth-order valence-corrected chi connectivity index (χ4v) is 3.05. The van der Waals surface area contributed by atoms with Crippen LogP contribution in [0.3, 0.4) is 0 Å². The van der Waals surface area contributed by atoms with Gasteiger partial charge in [0.25, 0.3) is 10.2 Å². The molecule has 2 N–H and O–H groups in total. The fourth-order valence-electron chi connectivity index (χ4n) is 1.49. The molecule has 8 heteroatoms. The third-order valence-electron chi connectivity index (χ3n) is 2.78. The first-order valence-corrected chi connectivity index (χ1v) is 6.84. The van der Waals surface area contributed by atoms with Crippen molar-refractivity contribution in [3.05, 3.63) is 0 Å². The first kappa shape index (κ1) is 17.1. The highest BCUT2D eigenvalue weighted by molar-refractivity contribution is 7.86. The molecule has 0 aromatic carbocycles. The second kappa shape index (κ2) is 6.86. The molecular weight excluding hydrogens is 266 g/mol. The minimum Gasteiger partial charge on any atom is -0.374 e. The van der Waals surface area contributed by atoms with Crippen LogP contribution >= 0.6 is 12.4 Å². The summed E-state index contributed by atoms with van der Waals surface area (Å²) in [5.41, 5.74) is 5.48. The van der Waals surface area contributed by atoms with Gasteiger partial charge in [-0.1, -0.05) is 0 Å². The Bertz CT molecular complexity index is 323. The van der Waals surface area contributed by atoms with Crippen molar-refractivity contribution in [2.24, 2.45) is 5.73 Å². The minimum absolute atomic E-state index is 0. The fraction of sp³-hybridized carbons (Fsp3) is 1.00. The molecule has 0 aromatic rings. The van der Waals surface area contributed by atoms with Gasteiger partial charge < -0.3 is 10.5 Å². The molecule has 1 heterocycles. The van der Waals surface area contributed by atoms with Gasteiger partial charge in [0.05, 0.1) is 12.7 Å². The van der Waals surface area contributed by atoms with Crippen LogP contribution in [-0.4, -0.2) is 62.5 Å². The lowest BCUT2D eigenvalue weighted by Crippen LogP contribution is -2.53. The number of morpholine rings is 1. The number of halogens is 1. The smallest absolute Gasteiger partial charge is 0.282 e. The Morgan fingerprint density at radius 2 is 2.12 bits per heavy atom. The van der Waals surface area contributed by atoms with Gasteiger partial charge in [0.1, 0.15) is 0 Å². The highest BCUT2D eigenvalue weighted by Crippen LogP contribution is 2.14. The van der Waals surface area contributed by atoms with Crippen molar-refractivity contribution in [3.8, 4) is 0 Å². The Balaban J connectivity index is 0.00000256. The maximum atomic E-state index is 12.1. The van der Waals surface area contributed by atoms with Crippen LogP contribution in [0.5, 0.6) is 0 Å². The molecule has 0 bridgehead atoms. The lowest BCUT2D eigenvalue weighted by atomic mass is 10.3. The predicted octanol–water partition coefficient (Wildman–Crippen LogP) is -0.347. The number of ether oxygens (including phenoxy) is 1. The zero-order valence-electron chi connectivity index (χ0n) is 10.5. The third-order valence-corrected chi connectivity index (χ3v) is 4.92. The molecule has 1 saturated heterocycles.